The first kappa shape index (κ1) is 23.8. The molecule has 0 aromatic heterocycles. The van der Waals surface area contributed by atoms with E-state index in [0.29, 0.717) is 10.6 Å². The lowest BCUT2D eigenvalue weighted by Gasteiger charge is -2.13. The van der Waals surface area contributed by atoms with Crippen LogP contribution < -0.4 is 10.6 Å². The van der Waals surface area contributed by atoms with Gasteiger partial charge in [0.15, 0.2) is 0 Å². The van der Waals surface area contributed by atoms with E-state index in [4.69, 9.17) is 0 Å². The van der Waals surface area contributed by atoms with Crippen molar-refractivity contribution in [1.29, 1.82) is 0 Å². The molecule has 3 rings (SSSR count). The van der Waals surface area contributed by atoms with Gasteiger partial charge in [0.1, 0.15) is 0 Å². The van der Waals surface area contributed by atoms with Gasteiger partial charge in [-0.05, 0) is 48.5 Å². The van der Waals surface area contributed by atoms with Crippen LogP contribution in [-0.2, 0) is 11.0 Å². The quantitative estimate of drug-likeness (QED) is 0.263. The van der Waals surface area contributed by atoms with Gasteiger partial charge in [-0.3, -0.25) is 19.7 Å². The molecule has 0 fully saturated rings. The van der Waals surface area contributed by atoms with E-state index in [-0.39, 0.29) is 22.7 Å². The second-order valence-corrected chi connectivity index (χ2v) is 7.71. The molecule has 0 heterocycles. The molecule has 0 saturated heterocycles. The molecule has 0 aliphatic carbocycles. The number of halogens is 3. The zero-order valence-electron chi connectivity index (χ0n) is 16.8. The Labute approximate surface area is 190 Å². The number of amides is 2. The number of alkyl halides is 3. The smallest absolute Gasteiger partial charge is 0.325 e. The number of carbonyl (C=O) groups is 2. The van der Waals surface area contributed by atoms with E-state index >= 15 is 0 Å². The van der Waals surface area contributed by atoms with E-state index in [1.165, 1.54) is 42.5 Å². The van der Waals surface area contributed by atoms with Gasteiger partial charge in [0.05, 0.1) is 21.9 Å². The Bertz CT molecular complexity index is 1170. The Kier molecular flexibility index (Phi) is 7.34. The molecule has 0 radical (unpaired) electrons. The summed E-state index contributed by atoms with van der Waals surface area (Å²) >= 11 is 1.12. The van der Waals surface area contributed by atoms with Gasteiger partial charge in [-0.15, -0.1) is 11.8 Å². The summed E-state index contributed by atoms with van der Waals surface area (Å²) in [6.07, 6.45) is -4.58. The normalized spacial score (nSPS) is 11.0. The number of nitro benzene ring substituents is 1. The number of nitro groups is 1. The summed E-state index contributed by atoms with van der Waals surface area (Å²) in [5.74, 6) is -1.15. The molecule has 0 aliphatic heterocycles. The number of nitrogens with zero attached hydrogens (tertiary/aromatic N) is 1. The van der Waals surface area contributed by atoms with Crippen LogP contribution in [0, 0.1) is 10.1 Å². The second-order valence-electron chi connectivity index (χ2n) is 6.66. The number of rotatable bonds is 7. The van der Waals surface area contributed by atoms with Crippen molar-refractivity contribution in [2.75, 3.05) is 16.4 Å². The Morgan fingerprint density at radius 1 is 0.909 bits per heavy atom. The summed E-state index contributed by atoms with van der Waals surface area (Å²) in [5.41, 5.74) is -0.642. The molecule has 0 unspecified atom stereocenters. The van der Waals surface area contributed by atoms with Crippen molar-refractivity contribution in [2.24, 2.45) is 0 Å². The molecule has 0 spiro atoms. The fourth-order valence-corrected chi connectivity index (χ4v) is 3.45. The minimum atomic E-state index is -4.58. The summed E-state index contributed by atoms with van der Waals surface area (Å²) in [5, 5.41) is 15.6. The standard InChI is InChI=1S/C22H16F3N3O4S/c23-22(24,25)18-3-1-2-4-19(18)27-20(29)13-33-17-11-7-15(8-12-17)26-21(30)14-5-9-16(10-6-14)28(31)32/h1-12H,13H2,(H,26,30)(H,27,29). The lowest BCUT2D eigenvalue weighted by Crippen LogP contribution is -2.18. The van der Waals surface area contributed by atoms with Crippen molar-refractivity contribution in [2.45, 2.75) is 11.1 Å². The highest BCUT2D eigenvalue weighted by molar-refractivity contribution is 8.00. The maximum atomic E-state index is 13.0. The Hall–Kier alpha value is -3.86. The van der Waals surface area contributed by atoms with Crippen molar-refractivity contribution < 1.29 is 27.7 Å². The largest absolute Gasteiger partial charge is 0.418 e. The van der Waals surface area contributed by atoms with Crippen molar-refractivity contribution in [3.63, 3.8) is 0 Å². The highest BCUT2D eigenvalue weighted by Crippen LogP contribution is 2.34. The van der Waals surface area contributed by atoms with E-state index < -0.39 is 28.5 Å². The van der Waals surface area contributed by atoms with Gasteiger partial charge in [-0.2, -0.15) is 13.2 Å². The number of non-ortho nitro benzene ring substituents is 1. The Morgan fingerprint density at radius 2 is 1.55 bits per heavy atom. The highest BCUT2D eigenvalue weighted by atomic mass is 32.2. The first-order valence-corrected chi connectivity index (χ1v) is 10.4. The van der Waals surface area contributed by atoms with Gasteiger partial charge in [-0.25, -0.2) is 0 Å². The maximum absolute atomic E-state index is 13.0. The van der Waals surface area contributed by atoms with E-state index in [9.17, 15) is 32.9 Å². The Morgan fingerprint density at radius 3 is 2.15 bits per heavy atom. The van der Waals surface area contributed by atoms with Crippen molar-refractivity contribution in [1.82, 2.24) is 0 Å². The average Bonchev–Trinajstić information content (AvgIpc) is 2.78. The highest BCUT2D eigenvalue weighted by Gasteiger charge is 2.33. The van der Waals surface area contributed by atoms with E-state index in [2.05, 4.69) is 10.6 Å². The second kappa shape index (κ2) is 10.2. The molecule has 170 valence electrons. The van der Waals surface area contributed by atoms with Gasteiger partial charge >= 0.3 is 6.18 Å². The fourth-order valence-electron chi connectivity index (χ4n) is 2.75. The number of hydrogen-bond donors (Lipinski definition) is 2. The topological polar surface area (TPSA) is 101 Å². The van der Waals surface area contributed by atoms with Crippen LogP contribution in [0.4, 0.5) is 30.2 Å². The predicted molar refractivity (Wildman–Crippen MR) is 118 cm³/mol. The zero-order valence-corrected chi connectivity index (χ0v) is 17.6. The fraction of sp³-hybridized carbons (Fsp3) is 0.0909. The first-order chi connectivity index (χ1) is 15.6. The predicted octanol–water partition coefficient (Wildman–Crippen LogP) is 5.60. The lowest BCUT2D eigenvalue weighted by molar-refractivity contribution is -0.384. The minimum absolute atomic E-state index is 0.110. The van der Waals surface area contributed by atoms with Gasteiger partial charge in [0.25, 0.3) is 11.6 Å². The molecule has 2 amide bonds. The van der Waals surface area contributed by atoms with E-state index in [1.807, 2.05) is 0 Å². The maximum Gasteiger partial charge on any atom is 0.418 e. The van der Waals surface area contributed by atoms with Crippen LogP contribution in [0.5, 0.6) is 0 Å². The van der Waals surface area contributed by atoms with Crippen molar-refractivity contribution in [3.05, 3.63) is 94.0 Å². The number of hydrogen-bond acceptors (Lipinski definition) is 5. The number of anilines is 2. The van der Waals surface area contributed by atoms with Crippen LogP contribution in [-0.4, -0.2) is 22.5 Å². The SMILES string of the molecule is O=C(CSc1ccc(NC(=O)c2ccc([N+](=O)[O-])cc2)cc1)Nc1ccccc1C(F)(F)F. The molecular formula is C22H16F3N3O4S. The third-order valence-electron chi connectivity index (χ3n) is 4.33. The summed E-state index contributed by atoms with van der Waals surface area (Å²) in [6, 6.07) is 16.4. The van der Waals surface area contributed by atoms with Crippen LogP contribution in [0.2, 0.25) is 0 Å². The number of benzene rings is 3. The van der Waals surface area contributed by atoms with Gasteiger partial charge in [-0.1, -0.05) is 12.1 Å². The first-order valence-electron chi connectivity index (χ1n) is 9.38. The summed E-state index contributed by atoms with van der Waals surface area (Å²) in [6.45, 7) is 0. The summed E-state index contributed by atoms with van der Waals surface area (Å²) < 4.78 is 39.1. The third kappa shape index (κ3) is 6.56. The number of nitrogens with one attached hydrogen (secondary N) is 2. The molecule has 3 aromatic carbocycles. The van der Waals surface area contributed by atoms with Crippen LogP contribution >= 0.6 is 11.8 Å². The molecule has 11 heteroatoms. The van der Waals surface area contributed by atoms with E-state index in [1.54, 1.807) is 24.3 Å². The molecule has 33 heavy (non-hydrogen) atoms. The Balaban J connectivity index is 1.54. The van der Waals surface area contributed by atoms with Crippen molar-refractivity contribution >= 4 is 40.6 Å². The van der Waals surface area contributed by atoms with Crippen LogP contribution in [0.1, 0.15) is 15.9 Å². The molecule has 0 saturated carbocycles. The molecule has 0 bridgehead atoms. The third-order valence-corrected chi connectivity index (χ3v) is 5.34. The van der Waals surface area contributed by atoms with Crippen LogP contribution in [0.3, 0.4) is 0 Å². The molecule has 2 N–H and O–H groups in total. The lowest BCUT2D eigenvalue weighted by atomic mass is 10.1. The number of thioether (sulfide) groups is 1. The number of para-hydroxylation sites is 1. The van der Waals surface area contributed by atoms with E-state index in [0.717, 1.165) is 17.8 Å². The van der Waals surface area contributed by atoms with Crippen molar-refractivity contribution in [3.8, 4) is 0 Å². The summed E-state index contributed by atoms with van der Waals surface area (Å²) in [7, 11) is 0. The monoisotopic (exact) mass is 475 g/mol. The molecule has 0 atom stereocenters. The summed E-state index contributed by atoms with van der Waals surface area (Å²) in [4.78, 5) is 35.1. The van der Waals surface area contributed by atoms with Crippen LogP contribution in [0.15, 0.2) is 77.7 Å². The van der Waals surface area contributed by atoms with Crippen LogP contribution in [0.25, 0.3) is 0 Å². The molecule has 3 aromatic rings. The molecule has 7 nitrogen and oxygen atoms in total. The molecule has 0 aliphatic rings. The minimum Gasteiger partial charge on any atom is -0.325 e. The number of carbonyl (C=O) groups excluding carboxylic acids is 2. The van der Waals surface area contributed by atoms with Gasteiger partial charge in [0, 0.05) is 28.3 Å². The van der Waals surface area contributed by atoms with Gasteiger partial charge in [0.2, 0.25) is 5.91 Å². The molecular weight excluding hydrogens is 459 g/mol. The zero-order chi connectivity index (χ0) is 24.0. The van der Waals surface area contributed by atoms with Gasteiger partial charge < -0.3 is 10.6 Å². The average molecular weight is 475 g/mol.